The standard InChI is InChI=1S/C12H12N3O3P3/c16-15-20(17-11-7-3-1-4-8-11)13-19-14-21(15)18-12-9-5-2-6-10-12/h1-10,16H,(H,13,14). The highest BCUT2D eigenvalue weighted by molar-refractivity contribution is 7.55. The van der Waals surface area contributed by atoms with Gasteiger partial charge in [-0.15, -0.1) is 8.76 Å². The lowest BCUT2D eigenvalue weighted by atomic mass is 10.3. The van der Waals surface area contributed by atoms with E-state index < -0.39 is 16.2 Å². The van der Waals surface area contributed by atoms with Crippen LogP contribution < -0.4 is 9.05 Å². The van der Waals surface area contributed by atoms with E-state index in [-0.39, 0.29) is 0 Å². The van der Waals surface area contributed by atoms with Gasteiger partial charge in [0, 0.05) is 0 Å². The van der Waals surface area contributed by atoms with Crippen LogP contribution in [-0.2, 0) is 0 Å². The Kier molecular flexibility index (Phi) is 4.64. The monoisotopic (exact) mass is 339 g/mol. The van der Waals surface area contributed by atoms with Crippen LogP contribution in [0.4, 0.5) is 0 Å². The number of nitrogens with zero attached hydrogens (tertiary/aromatic N) is 2. The van der Waals surface area contributed by atoms with Gasteiger partial charge >= 0.3 is 0 Å². The molecule has 2 aromatic carbocycles. The summed E-state index contributed by atoms with van der Waals surface area (Å²) in [5.74, 6) is 1.35. The molecule has 2 atom stereocenters. The van der Waals surface area contributed by atoms with E-state index in [1.165, 1.54) is 0 Å². The minimum Gasteiger partial charge on any atom is -0.416 e. The zero-order valence-electron chi connectivity index (χ0n) is 10.8. The van der Waals surface area contributed by atoms with Gasteiger partial charge in [0.2, 0.25) is 0 Å². The van der Waals surface area contributed by atoms with Gasteiger partial charge in [0.1, 0.15) is 20.0 Å². The molecule has 2 N–H and O–H groups in total. The fourth-order valence-electron chi connectivity index (χ4n) is 1.51. The van der Waals surface area contributed by atoms with Crippen molar-refractivity contribution < 1.29 is 14.3 Å². The molecule has 0 aliphatic heterocycles. The summed E-state index contributed by atoms with van der Waals surface area (Å²) in [5.41, 5.74) is 0. The summed E-state index contributed by atoms with van der Waals surface area (Å²) in [6, 6.07) is 18.6. The zero-order valence-corrected chi connectivity index (χ0v) is 13.5. The molecular weight excluding hydrogens is 327 g/mol. The second-order valence-corrected chi connectivity index (χ2v) is 8.10. The summed E-state index contributed by atoms with van der Waals surface area (Å²) in [4.78, 5) is 0. The summed E-state index contributed by atoms with van der Waals surface area (Å²) < 4.78 is 19.7. The molecule has 0 aliphatic rings. The average molecular weight is 339 g/mol. The third-order valence-corrected chi connectivity index (χ3v) is 6.78. The number of hydrogen-bond donors (Lipinski definition) is 2. The molecule has 21 heavy (non-hydrogen) atoms. The number of aromatic nitrogens is 3. The van der Waals surface area contributed by atoms with Gasteiger partial charge in [0.05, 0.1) is 0 Å². The third-order valence-electron chi connectivity index (χ3n) is 2.43. The van der Waals surface area contributed by atoms with Crippen molar-refractivity contribution in [3.05, 3.63) is 60.7 Å². The van der Waals surface area contributed by atoms with Crippen LogP contribution in [-0.4, -0.2) is 18.5 Å². The van der Waals surface area contributed by atoms with E-state index in [1.54, 1.807) is 0 Å². The SMILES string of the molecule is On1p(Oc2ccccc2)np[nH]p1Oc1ccccc1. The fraction of sp³-hybridized carbons (Fsp3) is 0. The summed E-state index contributed by atoms with van der Waals surface area (Å²) in [6.07, 6.45) is 0. The minimum absolute atomic E-state index is 0.633. The maximum absolute atomic E-state index is 10.2. The first-order valence-electron chi connectivity index (χ1n) is 6.04. The van der Waals surface area contributed by atoms with Crippen molar-refractivity contribution in [2.24, 2.45) is 0 Å². The highest BCUT2D eigenvalue weighted by Crippen LogP contribution is 2.37. The van der Waals surface area contributed by atoms with E-state index in [2.05, 4.69) is 9.02 Å². The van der Waals surface area contributed by atoms with Gasteiger partial charge in [-0.25, -0.2) is 0 Å². The molecule has 1 heterocycles. The third kappa shape index (κ3) is 3.69. The second kappa shape index (κ2) is 6.84. The highest BCUT2D eigenvalue weighted by atomic mass is 31.2. The number of aromatic amines is 1. The number of rotatable bonds is 4. The Morgan fingerprint density at radius 2 is 1.52 bits per heavy atom. The van der Waals surface area contributed by atoms with E-state index in [0.29, 0.717) is 20.0 Å². The van der Waals surface area contributed by atoms with Gasteiger partial charge in [-0.2, -0.15) is 0 Å². The molecule has 108 valence electrons. The summed E-state index contributed by atoms with van der Waals surface area (Å²) in [7, 11) is -2.28. The van der Waals surface area contributed by atoms with Crippen LogP contribution in [0.5, 0.6) is 11.5 Å². The molecule has 0 aliphatic carbocycles. The largest absolute Gasteiger partial charge is 0.416 e. The predicted octanol–water partition coefficient (Wildman–Crippen LogP) is 4.81. The van der Waals surface area contributed by atoms with Gasteiger partial charge in [0.25, 0.3) is 16.2 Å². The number of nitrogens with one attached hydrogen (secondary N) is 1. The van der Waals surface area contributed by atoms with Crippen LogP contribution in [0.3, 0.4) is 0 Å². The number of para-hydroxylation sites is 2. The molecule has 1 aromatic heterocycles. The lowest BCUT2D eigenvalue weighted by Gasteiger charge is -2.12. The normalized spacial score (nSPS) is 12.2. The quantitative estimate of drug-likeness (QED) is 0.669. The van der Waals surface area contributed by atoms with Crippen molar-refractivity contribution in [2.75, 3.05) is 0 Å². The molecule has 0 fully saturated rings. The molecule has 0 bridgehead atoms. The van der Waals surface area contributed by atoms with Crippen molar-refractivity contribution in [1.82, 2.24) is 13.3 Å². The lowest BCUT2D eigenvalue weighted by molar-refractivity contribution is 0.232. The zero-order chi connectivity index (χ0) is 14.5. The Bertz CT molecular complexity index is 672. The first-order valence-corrected chi connectivity index (χ1v) is 9.27. The number of H-pyrrole nitrogens is 1. The van der Waals surface area contributed by atoms with Gasteiger partial charge in [-0.3, -0.25) is 9.72 Å². The number of hydrogen-bond acceptors (Lipinski definition) is 4. The van der Waals surface area contributed by atoms with Crippen LogP contribution in [0, 0.1) is 0 Å². The first kappa shape index (κ1) is 14.2. The van der Waals surface area contributed by atoms with Crippen LogP contribution in [0.25, 0.3) is 0 Å². The molecule has 0 saturated heterocycles. The van der Waals surface area contributed by atoms with E-state index in [4.69, 9.17) is 9.05 Å². The van der Waals surface area contributed by atoms with Crippen molar-refractivity contribution in [3.8, 4) is 11.5 Å². The van der Waals surface area contributed by atoms with E-state index in [9.17, 15) is 5.21 Å². The van der Waals surface area contributed by atoms with Gasteiger partial charge in [-0.05, 0) is 24.3 Å². The number of benzene rings is 2. The van der Waals surface area contributed by atoms with E-state index in [0.717, 1.165) is 4.26 Å². The maximum atomic E-state index is 10.2. The van der Waals surface area contributed by atoms with Crippen LogP contribution >= 0.6 is 24.7 Å². The summed E-state index contributed by atoms with van der Waals surface area (Å²) in [5, 5.41) is 10.2. The Labute approximate surface area is 125 Å². The molecule has 6 nitrogen and oxygen atoms in total. The van der Waals surface area contributed by atoms with Crippen molar-refractivity contribution >= 4 is 24.7 Å². The molecule has 0 spiro atoms. The molecule has 0 radical (unpaired) electrons. The van der Waals surface area contributed by atoms with Crippen molar-refractivity contribution in [1.29, 1.82) is 0 Å². The minimum atomic E-state index is -1.50. The highest BCUT2D eigenvalue weighted by Gasteiger charge is 2.09. The van der Waals surface area contributed by atoms with Crippen LogP contribution in [0.1, 0.15) is 0 Å². The van der Waals surface area contributed by atoms with Crippen molar-refractivity contribution in [2.45, 2.75) is 0 Å². The lowest BCUT2D eigenvalue weighted by Crippen LogP contribution is -1.98. The molecule has 2 unspecified atom stereocenters. The van der Waals surface area contributed by atoms with Crippen LogP contribution in [0.15, 0.2) is 60.7 Å². The molecule has 0 amide bonds. The summed E-state index contributed by atoms with van der Waals surface area (Å²) >= 11 is 0. The van der Waals surface area contributed by atoms with Crippen molar-refractivity contribution in [3.63, 3.8) is 0 Å². The van der Waals surface area contributed by atoms with Gasteiger partial charge in [0.15, 0.2) is 0 Å². The summed E-state index contributed by atoms with van der Waals surface area (Å²) in [6.45, 7) is 0. The van der Waals surface area contributed by atoms with E-state index in [1.807, 2.05) is 60.7 Å². The predicted molar refractivity (Wildman–Crippen MR) is 84.3 cm³/mol. The first-order chi connectivity index (χ1) is 10.3. The molecule has 0 saturated carbocycles. The topological polar surface area (TPSA) is 72.3 Å². The Morgan fingerprint density at radius 1 is 0.952 bits per heavy atom. The maximum Gasteiger partial charge on any atom is 0.294 e. The second-order valence-electron chi connectivity index (χ2n) is 3.89. The Hall–Kier alpha value is -1.70. The average Bonchev–Trinajstić information content (AvgIpc) is 2.53. The fourth-order valence-corrected chi connectivity index (χ4v) is 5.79. The van der Waals surface area contributed by atoms with Crippen LogP contribution in [0.2, 0.25) is 0 Å². The molecule has 3 aromatic rings. The molecule has 9 heteroatoms. The van der Waals surface area contributed by atoms with E-state index >= 15 is 0 Å². The molecule has 3 rings (SSSR count). The van der Waals surface area contributed by atoms with Gasteiger partial charge in [-0.1, -0.05) is 36.4 Å². The Morgan fingerprint density at radius 3 is 2.14 bits per heavy atom. The van der Waals surface area contributed by atoms with Gasteiger partial charge < -0.3 is 9.05 Å². The molecular formula is C12H12N3O3P3. The Balaban J connectivity index is 1.85. The smallest absolute Gasteiger partial charge is 0.294 e.